The fraction of sp³-hybridized carbons (Fsp3) is 0.263. The van der Waals surface area contributed by atoms with Gasteiger partial charge in [0.05, 0.1) is 5.69 Å². The molecule has 0 aliphatic heterocycles. The number of para-hydroxylation sites is 2. The Bertz CT molecular complexity index is 793. The molecule has 0 spiro atoms. The van der Waals surface area contributed by atoms with Crippen molar-refractivity contribution in [3.05, 3.63) is 59.4 Å². The van der Waals surface area contributed by atoms with E-state index in [0.717, 1.165) is 16.8 Å². The highest BCUT2D eigenvalue weighted by Crippen LogP contribution is 2.47. The van der Waals surface area contributed by atoms with Gasteiger partial charge in [0.15, 0.2) is 0 Å². The SMILES string of the molecule is Cc1cccc(C)c1NC(=O)C1(C(=O)Nc2ccccc2F)CC1. The van der Waals surface area contributed by atoms with Gasteiger partial charge >= 0.3 is 0 Å². The minimum atomic E-state index is -1.11. The van der Waals surface area contributed by atoms with Crippen LogP contribution in [0.1, 0.15) is 24.0 Å². The van der Waals surface area contributed by atoms with Crippen molar-refractivity contribution in [1.29, 1.82) is 0 Å². The average molecular weight is 326 g/mol. The molecule has 0 heterocycles. The van der Waals surface area contributed by atoms with Crippen LogP contribution < -0.4 is 10.6 Å². The molecule has 0 unspecified atom stereocenters. The molecule has 4 nitrogen and oxygen atoms in total. The van der Waals surface area contributed by atoms with Crippen LogP contribution in [0.4, 0.5) is 15.8 Å². The van der Waals surface area contributed by atoms with Crippen molar-refractivity contribution in [3.63, 3.8) is 0 Å². The van der Waals surface area contributed by atoms with Crippen LogP contribution in [0.3, 0.4) is 0 Å². The Hall–Kier alpha value is -2.69. The van der Waals surface area contributed by atoms with Gasteiger partial charge in [0.2, 0.25) is 11.8 Å². The minimum absolute atomic E-state index is 0.0913. The average Bonchev–Trinajstić information content (AvgIpc) is 3.35. The summed E-state index contributed by atoms with van der Waals surface area (Å²) in [4.78, 5) is 25.2. The molecule has 2 N–H and O–H groups in total. The summed E-state index contributed by atoms with van der Waals surface area (Å²) in [5.41, 5.74) is 1.58. The summed E-state index contributed by atoms with van der Waals surface area (Å²) in [7, 11) is 0. The Labute approximate surface area is 140 Å². The molecule has 3 rings (SSSR count). The summed E-state index contributed by atoms with van der Waals surface area (Å²) in [5.74, 6) is -1.32. The highest BCUT2D eigenvalue weighted by atomic mass is 19.1. The molecule has 0 radical (unpaired) electrons. The summed E-state index contributed by atoms with van der Waals surface area (Å²) in [6.07, 6.45) is 0.925. The number of hydrogen-bond acceptors (Lipinski definition) is 2. The first-order valence-corrected chi connectivity index (χ1v) is 7.88. The van der Waals surface area contributed by atoms with Gasteiger partial charge < -0.3 is 10.6 Å². The smallest absolute Gasteiger partial charge is 0.240 e. The fourth-order valence-electron chi connectivity index (χ4n) is 2.73. The molecule has 2 aromatic carbocycles. The molecule has 0 aromatic heterocycles. The largest absolute Gasteiger partial charge is 0.325 e. The van der Waals surface area contributed by atoms with Crippen molar-refractivity contribution in [1.82, 2.24) is 0 Å². The molecule has 0 saturated heterocycles. The molecule has 5 heteroatoms. The van der Waals surface area contributed by atoms with E-state index in [1.54, 1.807) is 12.1 Å². The van der Waals surface area contributed by atoms with Crippen LogP contribution in [0.5, 0.6) is 0 Å². The lowest BCUT2D eigenvalue weighted by Crippen LogP contribution is -2.36. The predicted octanol–water partition coefficient (Wildman–Crippen LogP) is 3.80. The van der Waals surface area contributed by atoms with Crippen molar-refractivity contribution in [3.8, 4) is 0 Å². The van der Waals surface area contributed by atoms with Gasteiger partial charge in [0, 0.05) is 5.69 Å². The van der Waals surface area contributed by atoms with Crippen molar-refractivity contribution in [2.24, 2.45) is 5.41 Å². The molecular formula is C19H19FN2O2. The first-order chi connectivity index (χ1) is 11.4. The second kappa shape index (κ2) is 6.07. The van der Waals surface area contributed by atoms with Crippen molar-refractivity contribution >= 4 is 23.2 Å². The zero-order chi connectivity index (χ0) is 17.3. The van der Waals surface area contributed by atoms with Gasteiger partial charge in [-0.15, -0.1) is 0 Å². The Morgan fingerprint density at radius 2 is 1.50 bits per heavy atom. The normalized spacial score (nSPS) is 14.8. The lowest BCUT2D eigenvalue weighted by atomic mass is 10.0. The third kappa shape index (κ3) is 2.89. The molecular weight excluding hydrogens is 307 g/mol. The van der Waals surface area contributed by atoms with Crippen LogP contribution in [0.15, 0.2) is 42.5 Å². The summed E-state index contributed by atoms with van der Waals surface area (Å²) < 4.78 is 13.7. The third-order valence-corrected chi connectivity index (χ3v) is 4.46. The van der Waals surface area contributed by atoms with Gasteiger partial charge in [0.25, 0.3) is 0 Å². The molecule has 2 aromatic rings. The number of hydrogen-bond donors (Lipinski definition) is 2. The summed E-state index contributed by atoms with van der Waals surface area (Å²) >= 11 is 0. The maximum absolute atomic E-state index is 13.7. The number of anilines is 2. The molecule has 1 fully saturated rings. The molecule has 0 bridgehead atoms. The van der Waals surface area contributed by atoms with Crippen LogP contribution >= 0.6 is 0 Å². The van der Waals surface area contributed by atoms with Crippen LogP contribution in [-0.2, 0) is 9.59 Å². The molecule has 1 aliphatic carbocycles. The second-order valence-corrected chi connectivity index (χ2v) is 6.24. The predicted molar refractivity (Wildman–Crippen MR) is 91.2 cm³/mol. The van der Waals surface area contributed by atoms with E-state index in [0.29, 0.717) is 12.8 Å². The van der Waals surface area contributed by atoms with Gasteiger partial charge in [-0.25, -0.2) is 4.39 Å². The van der Waals surface area contributed by atoms with Crippen molar-refractivity contribution in [2.75, 3.05) is 10.6 Å². The van der Waals surface area contributed by atoms with Crippen LogP contribution in [0, 0.1) is 25.1 Å². The van der Waals surface area contributed by atoms with Crippen molar-refractivity contribution < 1.29 is 14.0 Å². The van der Waals surface area contributed by atoms with Gasteiger partial charge in [-0.2, -0.15) is 0 Å². The van der Waals surface area contributed by atoms with E-state index in [1.165, 1.54) is 12.1 Å². The summed E-state index contributed by atoms with van der Waals surface area (Å²) in [6.45, 7) is 3.81. The lowest BCUT2D eigenvalue weighted by molar-refractivity contribution is -0.131. The molecule has 0 atom stereocenters. The number of aryl methyl sites for hydroxylation is 2. The Balaban J connectivity index is 1.77. The lowest BCUT2D eigenvalue weighted by Gasteiger charge is -2.18. The highest BCUT2D eigenvalue weighted by Gasteiger charge is 2.56. The van der Waals surface area contributed by atoms with Crippen LogP contribution in [-0.4, -0.2) is 11.8 Å². The molecule has 24 heavy (non-hydrogen) atoms. The summed E-state index contributed by atoms with van der Waals surface area (Å²) in [6, 6.07) is 11.7. The zero-order valence-electron chi connectivity index (χ0n) is 13.7. The first kappa shape index (κ1) is 16.2. The minimum Gasteiger partial charge on any atom is -0.325 e. The van der Waals surface area contributed by atoms with Gasteiger partial charge in [-0.05, 0) is 49.9 Å². The number of halogens is 1. The second-order valence-electron chi connectivity index (χ2n) is 6.24. The first-order valence-electron chi connectivity index (χ1n) is 7.88. The van der Waals surface area contributed by atoms with E-state index in [2.05, 4.69) is 10.6 Å². The van der Waals surface area contributed by atoms with E-state index >= 15 is 0 Å². The topological polar surface area (TPSA) is 58.2 Å². The number of carbonyl (C=O) groups excluding carboxylic acids is 2. The molecule has 2 amide bonds. The maximum atomic E-state index is 13.7. The number of amides is 2. The van der Waals surface area contributed by atoms with Gasteiger partial charge in [0.1, 0.15) is 11.2 Å². The quantitative estimate of drug-likeness (QED) is 0.840. The van der Waals surface area contributed by atoms with Gasteiger partial charge in [-0.1, -0.05) is 30.3 Å². The Morgan fingerprint density at radius 1 is 0.917 bits per heavy atom. The number of rotatable bonds is 4. The van der Waals surface area contributed by atoms with Crippen molar-refractivity contribution in [2.45, 2.75) is 26.7 Å². The molecule has 124 valence electrons. The Morgan fingerprint density at radius 3 is 2.08 bits per heavy atom. The molecule has 1 aliphatic rings. The van der Waals surface area contributed by atoms with Gasteiger partial charge in [-0.3, -0.25) is 9.59 Å². The standard InChI is InChI=1S/C19H19FN2O2/c1-12-6-5-7-13(2)16(12)22-18(24)19(10-11-19)17(23)21-15-9-4-3-8-14(15)20/h3-9H,10-11H2,1-2H3,(H,21,23)(H,22,24). The van der Waals surface area contributed by atoms with E-state index in [-0.39, 0.29) is 11.6 Å². The third-order valence-electron chi connectivity index (χ3n) is 4.46. The van der Waals surface area contributed by atoms with Crippen LogP contribution in [0.2, 0.25) is 0 Å². The Kier molecular flexibility index (Phi) is 4.09. The van der Waals surface area contributed by atoms with Crippen LogP contribution in [0.25, 0.3) is 0 Å². The van der Waals surface area contributed by atoms with E-state index in [9.17, 15) is 14.0 Å². The number of nitrogens with one attached hydrogen (secondary N) is 2. The number of carbonyl (C=O) groups is 2. The fourth-order valence-corrected chi connectivity index (χ4v) is 2.73. The number of benzene rings is 2. The monoisotopic (exact) mass is 326 g/mol. The maximum Gasteiger partial charge on any atom is 0.240 e. The van der Waals surface area contributed by atoms with E-state index in [1.807, 2.05) is 32.0 Å². The van der Waals surface area contributed by atoms with E-state index in [4.69, 9.17) is 0 Å². The van der Waals surface area contributed by atoms with E-state index < -0.39 is 17.1 Å². The highest BCUT2D eigenvalue weighted by molar-refractivity contribution is 6.17. The molecule has 1 saturated carbocycles. The summed E-state index contributed by atoms with van der Waals surface area (Å²) in [5, 5.41) is 5.40. The zero-order valence-corrected chi connectivity index (χ0v) is 13.7.